The molecule has 0 radical (unpaired) electrons. The minimum Gasteiger partial charge on any atom is -0.384 e. The Morgan fingerprint density at radius 2 is 2.00 bits per heavy atom. The number of halogens is 2. The van der Waals surface area contributed by atoms with Crippen molar-refractivity contribution in [1.29, 1.82) is 0 Å². The second-order valence-corrected chi connectivity index (χ2v) is 6.16. The topological polar surface area (TPSA) is 29.1 Å². The Morgan fingerprint density at radius 3 is 2.81 bits per heavy atom. The molecule has 0 bridgehead atoms. The van der Waals surface area contributed by atoms with Crippen LogP contribution in [-0.4, -0.2) is 12.3 Å². The van der Waals surface area contributed by atoms with Crippen LogP contribution in [-0.2, 0) is 11.2 Å². The molecule has 1 atom stereocenters. The number of nitrogens with one attached hydrogen (secondary N) is 1. The van der Waals surface area contributed by atoms with Gasteiger partial charge >= 0.3 is 0 Å². The van der Waals surface area contributed by atoms with Crippen molar-refractivity contribution in [3.63, 3.8) is 0 Å². The van der Waals surface area contributed by atoms with E-state index in [-0.39, 0.29) is 11.7 Å². The Labute approximate surface area is 134 Å². The molecule has 0 spiro atoms. The monoisotopic (exact) mass is 319 g/mol. The molecular formula is C17H15Cl2NO. The van der Waals surface area contributed by atoms with E-state index >= 15 is 0 Å². The van der Waals surface area contributed by atoms with Crippen molar-refractivity contribution in [3.05, 3.63) is 63.6 Å². The number of ketones is 1. The van der Waals surface area contributed by atoms with Crippen LogP contribution in [0, 0.1) is 0 Å². The molecule has 1 N–H and O–H groups in total. The standard InChI is InChI=1S/C17H15Cl2NO/c18-13-6-5-11(16(19)9-13)7-14(21)8-12-10-20-17-4-2-1-3-15(12)17/h1-6,9,12,20H,7-8,10H2. The Kier molecular flexibility index (Phi) is 4.18. The minimum atomic E-state index is 0.197. The molecule has 1 heterocycles. The zero-order chi connectivity index (χ0) is 14.8. The highest BCUT2D eigenvalue weighted by Gasteiger charge is 2.24. The van der Waals surface area contributed by atoms with Crippen LogP contribution in [0.25, 0.3) is 0 Å². The van der Waals surface area contributed by atoms with Crippen molar-refractivity contribution in [3.8, 4) is 0 Å². The number of para-hydroxylation sites is 1. The Morgan fingerprint density at radius 1 is 1.19 bits per heavy atom. The van der Waals surface area contributed by atoms with Crippen molar-refractivity contribution in [2.24, 2.45) is 0 Å². The third kappa shape index (κ3) is 3.22. The third-order valence-corrected chi connectivity index (χ3v) is 4.40. The quantitative estimate of drug-likeness (QED) is 0.884. The van der Waals surface area contributed by atoms with E-state index < -0.39 is 0 Å². The largest absolute Gasteiger partial charge is 0.384 e. The van der Waals surface area contributed by atoms with Crippen LogP contribution in [0.4, 0.5) is 5.69 Å². The Bertz CT molecular complexity index is 684. The van der Waals surface area contributed by atoms with Gasteiger partial charge in [-0.05, 0) is 29.3 Å². The molecule has 0 aliphatic carbocycles. The summed E-state index contributed by atoms with van der Waals surface area (Å²) in [7, 11) is 0. The number of Topliss-reactive ketones (excluding diaryl/α,β-unsaturated/α-hetero) is 1. The van der Waals surface area contributed by atoms with Crippen LogP contribution in [0.3, 0.4) is 0 Å². The number of hydrogen-bond donors (Lipinski definition) is 1. The predicted octanol–water partition coefficient (Wildman–Crippen LogP) is 4.70. The van der Waals surface area contributed by atoms with E-state index in [0.29, 0.717) is 22.9 Å². The summed E-state index contributed by atoms with van der Waals surface area (Å²) in [6.07, 6.45) is 0.887. The molecule has 0 saturated carbocycles. The molecule has 2 aromatic carbocycles. The first-order chi connectivity index (χ1) is 10.1. The van der Waals surface area contributed by atoms with E-state index in [9.17, 15) is 4.79 Å². The van der Waals surface area contributed by atoms with E-state index in [1.807, 2.05) is 18.2 Å². The van der Waals surface area contributed by atoms with Gasteiger partial charge in [0.1, 0.15) is 5.78 Å². The molecule has 3 rings (SSSR count). The second kappa shape index (κ2) is 6.08. The molecule has 0 saturated heterocycles. The van der Waals surface area contributed by atoms with Crippen LogP contribution < -0.4 is 5.32 Å². The lowest BCUT2D eigenvalue weighted by atomic mass is 9.93. The molecule has 1 aliphatic heterocycles. The average Bonchev–Trinajstić information content (AvgIpc) is 2.85. The third-order valence-electron chi connectivity index (χ3n) is 3.82. The van der Waals surface area contributed by atoms with Gasteiger partial charge in [-0.3, -0.25) is 4.79 Å². The molecule has 0 aromatic heterocycles. The van der Waals surface area contributed by atoms with E-state index in [2.05, 4.69) is 17.4 Å². The molecule has 21 heavy (non-hydrogen) atoms. The highest BCUT2D eigenvalue weighted by molar-refractivity contribution is 6.35. The van der Waals surface area contributed by atoms with Gasteiger partial charge in [0.2, 0.25) is 0 Å². The van der Waals surface area contributed by atoms with Gasteiger partial charge in [-0.2, -0.15) is 0 Å². The molecule has 4 heteroatoms. The maximum atomic E-state index is 12.3. The first kappa shape index (κ1) is 14.4. The predicted molar refractivity (Wildman–Crippen MR) is 87.5 cm³/mol. The molecule has 0 fully saturated rings. The Hall–Kier alpha value is -1.51. The summed E-state index contributed by atoms with van der Waals surface area (Å²) in [4.78, 5) is 12.3. The van der Waals surface area contributed by atoms with Gasteiger partial charge in [0.15, 0.2) is 0 Å². The molecule has 108 valence electrons. The van der Waals surface area contributed by atoms with Crippen LogP contribution in [0.2, 0.25) is 10.0 Å². The molecule has 0 amide bonds. The summed E-state index contributed by atoms with van der Waals surface area (Å²) in [5.41, 5.74) is 3.21. The average molecular weight is 320 g/mol. The fourth-order valence-electron chi connectivity index (χ4n) is 2.76. The van der Waals surface area contributed by atoms with Gasteiger partial charge in [0.05, 0.1) is 0 Å². The fraction of sp³-hybridized carbons (Fsp3) is 0.235. The lowest BCUT2D eigenvalue weighted by Gasteiger charge is -2.10. The fourth-order valence-corrected chi connectivity index (χ4v) is 3.24. The number of rotatable bonds is 4. The zero-order valence-electron chi connectivity index (χ0n) is 11.4. The van der Waals surface area contributed by atoms with E-state index in [1.165, 1.54) is 5.56 Å². The van der Waals surface area contributed by atoms with Gasteiger partial charge in [-0.15, -0.1) is 0 Å². The summed E-state index contributed by atoms with van der Waals surface area (Å²) in [5, 5.41) is 4.49. The van der Waals surface area contributed by atoms with Gasteiger partial charge in [0.25, 0.3) is 0 Å². The molecule has 2 nitrogen and oxygen atoms in total. The van der Waals surface area contributed by atoms with Gasteiger partial charge in [0, 0.05) is 41.0 Å². The zero-order valence-corrected chi connectivity index (χ0v) is 12.9. The van der Waals surface area contributed by atoms with Gasteiger partial charge in [-0.25, -0.2) is 0 Å². The van der Waals surface area contributed by atoms with Crippen molar-refractivity contribution in [1.82, 2.24) is 0 Å². The molecule has 2 aromatic rings. The lowest BCUT2D eigenvalue weighted by molar-refractivity contribution is -0.118. The smallest absolute Gasteiger partial charge is 0.138 e. The van der Waals surface area contributed by atoms with Crippen LogP contribution >= 0.6 is 23.2 Å². The first-order valence-corrected chi connectivity index (χ1v) is 7.67. The summed E-state index contributed by atoms with van der Waals surface area (Å²) >= 11 is 12.0. The number of fused-ring (bicyclic) bond motifs is 1. The highest BCUT2D eigenvalue weighted by atomic mass is 35.5. The van der Waals surface area contributed by atoms with E-state index in [0.717, 1.165) is 17.8 Å². The van der Waals surface area contributed by atoms with Crippen molar-refractivity contribution < 1.29 is 4.79 Å². The lowest BCUT2D eigenvalue weighted by Crippen LogP contribution is -2.11. The van der Waals surface area contributed by atoms with Crippen molar-refractivity contribution >= 4 is 34.7 Å². The van der Waals surface area contributed by atoms with Crippen molar-refractivity contribution in [2.75, 3.05) is 11.9 Å². The van der Waals surface area contributed by atoms with E-state index in [4.69, 9.17) is 23.2 Å². The van der Waals surface area contributed by atoms with Crippen LogP contribution in [0.5, 0.6) is 0 Å². The first-order valence-electron chi connectivity index (χ1n) is 6.92. The highest BCUT2D eigenvalue weighted by Crippen LogP contribution is 2.33. The molecule has 1 unspecified atom stereocenters. The summed E-state index contributed by atoms with van der Waals surface area (Å²) in [6, 6.07) is 13.4. The maximum absolute atomic E-state index is 12.3. The molecular weight excluding hydrogens is 305 g/mol. The summed E-state index contributed by atoms with van der Waals surface area (Å²) in [5.74, 6) is 0.447. The number of benzene rings is 2. The second-order valence-electron chi connectivity index (χ2n) is 5.32. The maximum Gasteiger partial charge on any atom is 0.138 e. The number of carbonyl (C=O) groups is 1. The summed E-state index contributed by atoms with van der Waals surface area (Å²) < 4.78 is 0. The van der Waals surface area contributed by atoms with Gasteiger partial charge < -0.3 is 5.32 Å². The SMILES string of the molecule is O=C(Cc1ccc(Cl)cc1Cl)CC1CNc2ccccc21. The van der Waals surface area contributed by atoms with Crippen LogP contribution in [0.15, 0.2) is 42.5 Å². The van der Waals surface area contributed by atoms with E-state index in [1.54, 1.807) is 12.1 Å². The minimum absolute atomic E-state index is 0.197. The molecule has 1 aliphatic rings. The van der Waals surface area contributed by atoms with Crippen molar-refractivity contribution in [2.45, 2.75) is 18.8 Å². The Balaban J connectivity index is 1.68. The number of anilines is 1. The van der Waals surface area contributed by atoms with Crippen LogP contribution in [0.1, 0.15) is 23.5 Å². The van der Waals surface area contributed by atoms with Gasteiger partial charge in [-0.1, -0.05) is 47.5 Å². The number of carbonyl (C=O) groups excluding carboxylic acids is 1. The summed E-state index contributed by atoms with van der Waals surface area (Å²) in [6.45, 7) is 0.819. The number of hydrogen-bond acceptors (Lipinski definition) is 2. The normalized spacial score (nSPS) is 16.4.